The lowest BCUT2D eigenvalue weighted by Gasteiger charge is -2.10. The van der Waals surface area contributed by atoms with Gasteiger partial charge in [0.2, 0.25) is 0 Å². The van der Waals surface area contributed by atoms with Crippen molar-refractivity contribution in [1.82, 2.24) is 20.1 Å². The molecule has 3 aromatic rings. The SMILES string of the molecule is N#C/C(=C\c1cn(Cc2ccccc2)nc1-c1cccnc1)C(=O)NC[C@H]1CCCO1. The maximum Gasteiger partial charge on any atom is 0.262 e. The van der Waals surface area contributed by atoms with E-state index in [9.17, 15) is 10.1 Å². The lowest BCUT2D eigenvalue weighted by Crippen LogP contribution is -2.32. The summed E-state index contributed by atoms with van der Waals surface area (Å²) in [6.45, 7) is 1.70. The van der Waals surface area contributed by atoms with Gasteiger partial charge in [0.05, 0.1) is 12.6 Å². The molecule has 2 aromatic heterocycles. The Hall–Kier alpha value is -3.76. The van der Waals surface area contributed by atoms with Crippen LogP contribution in [0.2, 0.25) is 0 Å². The van der Waals surface area contributed by atoms with Crippen molar-refractivity contribution in [2.24, 2.45) is 0 Å². The smallest absolute Gasteiger partial charge is 0.262 e. The fraction of sp³-hybridized carbons (Fsp3) is 0.250. The molecule has 1 aromatic carbocycles. The molecule has 0 bridgehead atoms. The molecule has 0 saturated carbocycles. The molecule has 0 aliphatic carbocycles. The van der Waals surface area contributed by atoms with Gasteiger partial charge in [0.1, 0.15) is 17.3 Å². The second kappa shape index (κ2) is 9.83. The van der Waals surface area contributed by atoms with Gasteiger partial charge < -0.3 is 10.1 Å². The van der Waals surface area contributed by atoms with Crippen LogP contribution in [-0.4, -0.2) is 39.9 Å². The lowest BCUT2D eigenvalue weighted by molar-refractivity contribution is -0.117. The molecule has 7 heteroatoms. The number of carbonyl (C=O) groups excluding carboxylic acids is 1. The van der Waals surface area contributed by atoms with Crippen LogP contribution in [0.5, 0.6) is 0 Å². The van der Waals surface area contributed by atoms with E-state index in [2.05, 4.69) is 10.3 Å². The number of nitriles is 1. The third-order valence-electron chi connectivity index (χ3n) is 5.09. The zero-order valence-corrected chi connectivity index (χ0v) is 17.1. The predicted molar refractivity (Wildman–Crippen MR) is 117 cm³/mol. The first-order chi connectivity index (χ1) is 15.2. The Balaban J connectivity index is 1.61. The van der Waals surface area contributed by atoms with E-state index in [1.54, 1.807) is 18.5 Å². The highest BCUT2D eigenvalue weighted by molar-refractivity contribution is 6.02. The van der Waals surface area contributed by atoms with E-state index in [0.717, 1.165) is 30.6 Å². The molecule has 1 saturated heterocycles. The van der Waals surface area contributed by atoms with Crippen LogP contribution in [0.15, 0.2) is 66.6 Å². The molecule has 0 spiro atoms. The van der Waals surface area contributed by atoms with Crippen molar-refractivity contribution in [3.05, 3.63) is 77.8 Å². The molecule has 4 rings (SSSR count). The van der Waals surface area contributed by atoms with Gasteiger partial charge in [-0.3, -0.25) is 14.5 Å². The normalized spacial score (nSPS) is 16.1. The molecule has 1 aliphatic rings. The summed E-state index contributed by atoms with van der Waals surface area (Å²) >= 11 is 0. The number of ether oxygens (including phenoxy) is 1. The standard InChI is InChI=1S/C24H23N5O2/c25-13-20(24(30)27-15-22-9-5-11-31-22)12-21-17-29(16-18-6-2-1-3-7-18)28-23(21)19-8-4-10-26-14-19/h1-4,6-8,10,12,14,17,22H,5,9,11,15-16H2,(H,27,30)/b20-12+/t22-/m1/s1. The van der Waals surface area contributed by atoms with Crippen LogP contribution in [0.1, 0.15) is 24.0 Å². The minimum absolute atomic E-state index is 0.0171. The minimum atomic E-state index is -0.411. The Bertz CT molecular complexity index is 1090. The van der Waals surface area contributed by atoms with Gasteiger partial charge in [-0.2, -0.15) is 10.4 Å². The molecule has 3 heterocycles. The second-order valence-corrected chi connectivity index (χ2v) is 7.37. The van der Waals surface area contributed by atoms with Crippen LogP contribution in [-0.2, 0) is 16.1 Å². The second-order valence-electron chi connectivity index (χ2n) is 7.37. The van der Waals surface area contributed by atoms with Gasteiger partial charge in [-0.05, 0) is 36.6 Å². The van der Waals surface area contributed by atoms with E-state index in [0.29, 0.717) is 24.3 Å². The fourth-order valence-corrected chi connectivity index (χ4v) is 3.53. The molecular formula is C24H23N5O2. The van der Waals surface area contributed by atoms with Crippen molar-refractivity contribution >= 4 is 12.0 Å². The molecule has 1 amide bonds. The van der Waals surface area contributed by atoms with Crippen molar-refractivity contribution in [1.29, 1.82) is 5.26 Å². The molecule has 31 heavy (non-hydrogen) atoms. The fourth-order valence-electron chi connectivity index (χ4n) is 3.53. The summed E-state index contributed by atoms with van der Waals surface area (Å²) in [4.78, 5) is 16.8. The number of aromatic nitrogens is 3. The quantitative estimate of drug-likeness (QED) is 0.474. The van der Waals surface area contributed by atoms with Crippen LogP contribution in [0, 0.1) is 11.3 Å². The first-order valence-electron chi connectivity index (χ1n) is 10.3. The van der Waals surface area contributed by atoms with Crippen LogP contribution in [0.4, 0.5) is 0 Å². The van der Waals surface area contributed by atoms with Gasteiger partial charge >= 0.3 is 0 Å². The Kier molecular flexibility index (Phi) is 6.50. The Morgan fingerprint density at radius 3 is 2.87 bits per heavy atom. The minimum Gasteiger partial charge on any atom is -0.376 e. The van der Waals surface area contributed by atoms with Crippen molar-refractivity contribution in [2.45, 2.75) is 25.5 Å². The van der Waals surface area contributed by atoms with E-state index in [1.165, 1.54) is 0 Å². The van der Waals surface area contributed by atoms with Crippen LogP contribution in [0.3, 0.4) is 0 Å². The van der Waals surface area contributed by atoms with Gasteiger partial charge in [0.15, 0.2) is 0 Å². The highest BCUT2D eigenvalue weighted by atomic mass is 16.5. The highest BCUT2D eigenvalue weighted by Gasteiger charge is 2.19. The first-order valence-corrected chi connectivity index (χ1v) is 10.3. The number of hydrogen-bond acceptors (Lipinski definition) is 5. The van der Waals surface area contributed by atoms with Crippen molar-refractivity contribution < 1.29 is 9.53 Å². The maximum atomic E-state index is 12.6. The van der Waals surface area contributed by atoms with Crippen molar-refractivity contribution in [3.8, 4) is 17.3 Å². The number of hydrogen-bond donors (Lipinski definition) is 1. The van der Waals surface area contributed by atoms with Gasteiger partial charge in [-0.1, -0.05) is 30.3 Å². The molecule has 0 unspecified atom stereocenters. The monoisotopic (exact) mass is 413 g/mol. The van der Waals surface area contributed by atoms with E-state index >= 15 is 0 Å². The summed E-state index contributed by atoms with van der Waals surface area (Å²) in [7, 11) is 0. The number of rotatable bonds is 7. The molecule has 1 atom stereocenters. The van der Waals surface area contributed by atoms with Crippen LogP contribution < -0.4 is 5.32 Å². The average Bonchev–Trinajstić information content (AvgIpc) is 3.47. The predicted octanol–water partition coefficient (Wildman–Crippen LogP) is 3.20. The number of benzene rings is 1. The zero-order valence-electron chi connectivity index (χ0n) is 17.1. The van der Waals surface area contributed by atoms with Gasteiger partial charge in [0.25, 0.3) is 5.91 Å². The molecule has 7 nitrogen and oxygen atoms in total. The Labute approximate surface area is 181 Å². The van der Waals surface area contributed by atoms with E-state index < -0.39 is 5.91 Å². The topological polar surface area (TPSA) is 92.8 Å². The van der Waals surface area contributed by atoms with E-state index in [1.807, 2.05) is 59.4 Å². The van der Waals surface area contributed by atoms with Crippen molar-refractivity contribution in [2.75, 3.05) is 13.2 Å². The molecular weight excluding hydrogens is 390 g/mol. The molecule has 1 fully saturated rings. The highest BCUT2D eigenvalue weighted by Crippen LogP contribution is 2.24. The molecule has 0 radical (unpaired) electrons. The Morgan fingerprint density at radius 2 is 2.16 bits per heavy atom. The summed E-state index contributed by atoms with van der Waals surface area (Å²) in [6, 6.07) is 15.7. The van der Waals surface area contributed by atoms with E-state index in [-0.39, 0.29) is 11.7 Å². The summed E-state index contributed by atoms with van der Waals surface area (Å²) in [6.07, 6.45) is 8.78. The molecule has 1 aliphatic heterocycles. The van der Waals surface area contributed by atoms with Crippen molar-refractivity contribution in [3.63, 3.8) is 0 Å². The Morgan fingerprint density at radius 1 is 1.29 bits per heavy atom. The average molecular weight is 413 g/mol. The lowest BCUT2D eigenvalue weighted by atomic mass is 10.1. The van der Waals surface area contributed by atoms with E-state index in [4.69, 9.17) is 9.84 Å². The summed E-state index contributed by atoms with van der Waals surface area (Å²) < 4.78 is 7.34. The molecule has 156 valence electrons. The third kappa shape index (κ3) is 5.24. The summed E-state index contributed by atoms with van der Waals surface area (Å²) in [5, 5.41) is 17.1. The van der Waals surface area contributed by atoms with Gasteiger partial charge in [0, 0.05) is 42.9 Å². The van der Waals surface area contributed by atoms with Gasteiger partial charge in [-0.25, -0.2) is 0 Å². The number of amides is 1. The third-order valence-corrected chi connectivity index (χ3v) is 5.09. The zero-order chi connectivity index (χ0) is 21.5. The molecule has 1 N–H and O–H groups in total. The number of pyridine rings is 1. The van der Waals surface area contributed by atoms with Crippen LogP contribution >= 0.6 is 0 Å². The first kappa shape index (κ1) is 20.5. The number of carbonyl (C=O) groups is 1. The maximum absolute atomic E-state index is 12.6. The van der Waals surface area contributed by atoms with Gasteiger partial charge in [-0.15, -0.1) is 0 Å². The number of nitrogens with zero attached hydrogens (tertiary/aromatic N) is 4. The summed E-state index contributed by atoms with van der Waals surface area (Å²) in [5.41, 5.74) is 3.31. The van der Waals surface area contributed by atoms with Crippen LogP contribution in [0.25, 0.3) is 17.3 Å². The summed E-state index contributed by atoms with van der Waals surface area (Å²) in [5.74, 6) is -0.411. The number of nitrogens with one attached hydrogen (secondary N) is 1. The largest absolute Gasteiger partial charge is 0.376 e.